The minimum Gasteiger partial charge on any atom is -0.384 e. The zero-order valence-electron chi connectivity index (χ0n) is 23.8. The highest BCUT2D eigenvalue weighted by Crippen LogP contribution is 2.30. The normalized spacial score (nSPS) is 16.9. The number of nitrogens with zero attached hydrogens (tertiary/aromatic N) is 3. The fourth-order valence-corrected chi connectivity index (χ4v) is 5.75. The molecule has 1 aliphatic rings. The van der Waals surface area contributed by atoms with E-state index in [1.807, 2.05) is 60.7 Å². The molecule has 0 saturated carbocycles. The van der Waals surface area contributed by atoms with Crippen LogP contribution >= 0.6 is 11.3 Å². The minimum atomic E-state index is -1.02. The minimum absolute atomic E-state index is 0.222. The maximum absolute atomic E-state index is 14.0. The molecule has 0 saturated heterocycles. The number of amides is 3. The Morgan fingerprint density at radius 2 is 1.76 bits per heavy atom. The van der Waals surface area contributed by atoms with Crippen molar-refractivity contribution in [2.45, 2.75) is 64.6 Å². The standard InChI is InChI=1S/C32H38N4O4S/c1-22(2)11-10-16-27-32(40)36(28(20-35(27)23(3)37)25-14-8-5-9-15-25)21-29(38)34-26(19-24-12-6-4-7-13-24)30(39)31-33-17-18-41-31/h4-9,12-15,17-18,20,22,26-27,30,39H,10-11,16,19,21H2,1-3H3,(H,34,38)/t26-,27?,30?/m0/s1. The van der Waals surface area contributed by atoms with Crippen molar-refractivity contribution < 1.29 is 19.5 Å². The maximum atomic E-state index is 14.0. The Morgan fingerprint density at radius 3 is 2.37 bits per heavy atom. The van der Waals surface area contributed by atoms with Gasteiger partial charge >= 0.3 is 0 Å². The third-order valence-corrected chi connectivity index (χ3v) is 8.01. The second-order valence-electron chi connectivity index (χ2n) is 10.8. The molecule has 4 rings (SSSR count). The van der Waals surface area contributed by atoms with Gasteiger partial charge in [0.15, 0.2) is 0 Å². The summed E-state index contributed by atoms with van der Waals surface area (Å²) >= 11 is 1.32. The molecule has 2 N–H and O–H groups in total. The summed E-state index contributed by atoms with van der Waals surface area (Å²) in [6.45, 7) is 5.46. The monoisotopic (exact) mass is 574 g/mol. The van der Waals surface area contributed by atoms with E-state index in [0.29, 0.717) is 29.5 Å². The number of hydrogen-bond donors (Lipinski definition) is 2. The average molecular weight is 575 g/mol. The van der Waals surface area contributed by atoms with Gasteiger partial charge < -0.3 is 15.3 Å². The van der Waals surface area contributed by atoms with Crippen molar-refractivity contribution in [3.8, 4) is 0 Å². The number of rotatable bonds is 12. The summed E-state index contributed by atoms with van der Waals surface area (Å²) in [6, 6.07) is 17.6. The second kappa shape index (κ2) is 14.2. The molecule has 2 unspecified atom stereocenters. The zero-order valence-corrected chi connectivity index (χ0v) is 24.6. The van der Waals surface area contributed by atoms with E-state index in [-0.39, 0.29) is 18.4 Å². The van der Waals surface area contributed by atoms with E-state index in [0.717, 1.165) is 24.0 Å². The molecule has 3 aromatic rings. The van der Waals surface area contributed by atoms with E-state index in [1.165, 1.54) is 28.1 Å². The van der Waals surface area contributed by atoms with Crippen LogP contribution in [0.5, 0.6) is 0 Å². The summed E-state index contributed by atoms with van der Waals surface area (Å²) in [4.78, 5) is 47.5. The van der Waals surface area contributed by atoms with Gasteiger partial charge in [0.1, 0.15) is 23.7 Å². The molecule has 0 spiro atoms. The van der Waals surface area contributed by atoms with E-state index < -0.39 is 24.1 Å². The van der Waals surface area contributed by atoms with Crippen molar-refractivity contribution in [3.05, 3.63) is 94.6 Å². The molecule has 8 nitrogen and oxygen atoms in total. The highest BCUT2D eigenvalue weighted by Gasteiger charge is 2.38. The number of aromatic nitrogens is 1. The van der Waals surface area contributed by atoms with Crippen molar-refractivity contribution in [2.24, 2.45) is 5.92 Å². The lowest BCUT2D eigenvalue weighted by Crippen LogP contribution is -2.54. The van der Waals surface area contributed by atoms with Crippen LogP contribution in [0.15, 0.2) is 78.4 Å². The quantitative estimate of drug-likeness (QED) is 0.324. The van der Waals surface area contributed by atoms with E-state index in [2.05, 4.69) is 24.1 Å². The molecule has 2 aromatic carbocycles. The van der Waals surface area contributed by atoms with E-state index in [4.69, 9.17) is 0 Å². The zero-order chi connectivity index (χ0) is 29.4. The molecule has 3 amide bonds. The van der Waals surface area contributed by atoms with Gasteiger partial charge in [-0.2, -0.15) is 0 Å². The van der Waals surface area contributed by atoms with Gasteiger partial charge in [-0.05, 0) is 29.9 Å². The van der Waals surface area contributed by atoms with Crippen LogP contribution in [-0.2, 0) is 20.8 Å². The first-order valence-electron chi connectivity index (χ1n) is 14.0. The first-order valence-corrected chi connectivity index (χ1v) is 14.9. The smallest absolute Gasteiger partial charge is 0.250 e. The van der Waals surface area contributed by atoms with Gasteiger partial charge in [0.05, 0.1) is 11.7 Å². The van der Waals surface area contributed by atoms with Crippen molar-refractivity contribution in [1.29, 1.82) is 0 Å². The van der Waals surface area contributed by atoms with Crippen LogP contribution in [0.3, 0.4) is 0 Å². The third kappa shape index (κ3) is 7.89. The van der Waals surface area contributed by atoms with Crippen molar-refractivity contribution in [1.82, 2.24) is 20.1 Å². The second-order valence-corrected chi connectivity index (χ2v) is 11.7. The van der Waals surface area contributed by atoms with Crippen LogP contribution in [0.25, 0.3) is 5.70 Å². The average Bonchev–Trinajstić information content (AvgIpc) is 3.50. The highest BCUT2D eigenvalue weighted by atomic mass is 32.1. The predicted molar refractivity (Wildman–Crippen MR) is 160 cm³/mol. The molecule has 2 heterocycles. The largest absolute Gasteiger partial charge is 0.384 e. The molecule has 9 heteroatoms. The molecule has 0 fully saturated rings. The Bertz CT molecular complexity index is 1330. The third-order valence-electron chi connectivity index (χ3n) is 7.16. The fraction of sp³-hybridized carbons (Fsp3) is 0.375. The van der Waals surface area contributed by atoms with Crippen LogP contribution in [0.2, 0.25) is 0 Å². The first kappa shape index (κ1) is 30.1. The van der Waals surface area contributed by atoms with Gasteiger partial charge in [-0.25, -0.2) is 4.98 Å². The van der Waals surface area contributed by atoms with Crippen molar-refractivity contribution >= 4 is 34.8 Å². The number of nitrogens with one attached hydrogen (secondary N) is 1. The van der Waals surface area contributed by atoms with Gasteiger partial charge in [-0.3, -0.25) is 19.3 Å². The maximum Gasteiger partial charge on any atom is 0.250 e. The molecule has 0 aliphatic carbocycles. The van der Waals surface area contributed by atoms with Gasteiger partial charge in [0.25, 0.3) is 5.91 Å². The van der Waals surface area contributed by atoms with E-state index >= 15 is 0 Å². The van der Waals surface area contributed by atoms with Crippen molar-refractivity contribution in [2.75, 3.05) is 6.54 Å². The molecule has 3 atom stereocenters. The van der Waals surface area contributed by atoms with Gasteiger partial charge in [0.2, 0.25) is 11.8 Å². The summed E-state index contributed by atoms with van der Waals surface area (Å²) < 4.78 is 0. The molecule has 1 aliphatic heterocycles. The number of thiazole rings is 1. The highest BCUT2D eigenvalue weighted by molar-refractivity contribution is 7.09. The molecule has 41 heavy (non-hydrogen) atoms. The Kier molecular flexibility index (Phi) is 10.4. The topological polar surface area (TPSA) is 103 Å². The number of carbonyl (C=O) groups excluding carboxylic acids is 3. The van der Waals surface area contributed by atoms with E-state index in [9.17, 15) is 19.5 Å². The summed E-state index contributed by atoms with van der Waals surface area (Å²) in [7, 11) is 0. The Hall–Kier alpha value is -3.82. The number of benzene rings is 2. The SMILES string of the molecule is CC(=O)N1C=C(c2ccccc2)N(CC(=O)N[C@@H](Cc2ccccc2)C(O)c2nccs2)C(=O)C1CCCC(C)C. The number of aliphatic hydroxyl groups excluding tert-OH is 1. The van der Waals surface area contributed by atoms with Crippen LogP contribution in [-0.4, -0.2) is 56.2 Å². The first-order chi connectivity index (χ1) is 19.7. The Morgan fingerprint density at radius 1 is 1.07 bits per heavy atom. The molecule has 216 valence electrons. The lowest BCUT2D eigenvalue weighted by molar-refractivity contribution is -0.143. The summed E-state index contributed by atoms with van der Waals surface area (Å²) in [5.74, 6) is -0.447. The lowest BCUT2D eigenvalue weighted by Gasteiger charge is -2.39. The summed E-state index contributed by atoms with van der Waals surface area (Å²) in [5, 5.41) is 16.4. The predicted octanol–water partition coefficient (Wildman–Crippen LogP) is 4.79. The van der Waals surface area contributed by atoms with Gasteiger partial charge in [-0.1, -0.05) is 87.4 Å². The van der Waals surface area contributed by atoms with Crippen LogP contribution in [0.1, 0.15) is 62.3 Å². The Labute approximate surface area is 245 Å². The van der Waals surface area contributed by atoms with Gasteiger partial charge in [0, 0.05) is 24.7 Å². The molecule has 0 radical (unpaired) electrons. The number of hydrogen-bond acceptors (Lipinski definition) is 6. The molecule has 1 aromatic heterocycles. The molecular weight excluding hydrogens is 536 g/mol. The fourth-order valence-electron chi connectivity index (χ4n) is 5.06. The summed E-state index contributed by atoms with van der Waals surface area (Å²) in [5.41, 5.74) is 2.17. The van der Waals surface area contributed by atoms with E-state index in [1.54, 1.807) is 17.8 Å². The lowest BCUT2D eigenvalue weighted by atomic mass is 9.98. The summed E-state index contributed by atoms with van der Waals surface area (Å²) in [6.07, 6.45) is 4.90. The van der Waals surface area contributed by atoms with Crippen molar-refractivity contribution in [3.63, 3.8) is 0 Å². The number of carbonyl (C=O) groups is 3. The Balaban J connectivity index is 1.61. The van der Waals surface area contributed by atoms with Crippen LogP contribution in [0, 0.1) is 5.92 Å². The number of aliphatic hydroxyl groups is 1. The molecular formula is C32H38N4O4S. The van der Waals surface area contributed by atoms with Crippen LogP contribution in [0.4, 0.5) is 0 Å². The van der Waals surface area contributed by atoms with Gasteiger partial charge in [-0.15, -0.1) is 11.3 Å². The van der Waals surface area contributed by atoms with Crippen LogP contribution < -0.4 is 5.32 Å². The molecule has 0 bridgehead atoms.